The van der Waals surface area contributed by atoms with E-state index in [1.165, 1.54) is 44.1 Å². The van der Waals surface area contributed by atoms with Crippen LogP contribution in [-0.2, 0) is 5.41 Å². The van der Waals surface area contributed by atoms with E-state index in [4.69, 9.17) is 5.73 Å². The van der Waals surface area contributed by atoms with Gasteiger partial charge in [0.05, 0.1) is 0 Å². The van der Waals surface area contributed by atoms with E-state index in [9.17, 15) is 0 Å². The number of hydrogen-bond donors (Lipinski definition) is 1. The second kappa shape index (κ2) is 3.24. The standard InChI is InChI=1S/C15H20N2/c16-14-6-13(1-2-17-14)15-7-10-3-11(8-15)5-12(4-10)9-15/h1-2,6,10-12H,3-5,7-9H2,(H2,16,17). The lowest BCUT2D eigenvalue weighted by atomic mass is 9.48. The van der Waals surface area contributed by atoms with Crippen LogP contribution in [0.2, 0.25) is 0 Å². The molecule has 1 aromatic heterocycles. The van der Waals surface area contributed by atoms with Gasteiger partial charge in [0.15, 0.2) is 0 Å². The van der Waals surface area contributed by atoms with Gasteiger partial charge in [0.2, 0.25) is 0 Å². The minimum atomic E-state index is 0.464. The molecular weight excluding hydrogens is 208 g/mol. The Bertz CT molecular complexity index is 417. The molecule has 90 valence electrons. The first-order chi connectivity index (χ1) is 8.23. The largest absolute Gasteiger partial charge is 0.384 e. The molecule has 4 saturated carbocycles. The Morgan fingerprint density at radius 3 is 2.18 bits per heavy atom. The number of nitrogen functional groups attached to an aromatic ring is 1. The van der Waals surface area contributed by atoms with Crippen LogP contribution in [0, 0.1) is 17.8 Å². The van der Waals surface area contributed by atoms with Crippen molar-refractivity contribution >= 4 is 5.82 Å². The molecule has 2 heteroatoms. The lowest BCUT2D eigenvalue weighted by Crippen LogP contribution is -2.48. The van der Waals surface area contributed by atoms with Crippen molar-refractivity contribution in [3.63, 3.8) is 0 Å². The summed E-state index contributed by atoms with van der Waals surface area (Å²) in [6, 6.07) is 4.34. The van der Waals surface area contributed by atoms with Gasteiger partial charge in [0.25, 0.3) is 0 Å². The van der Waals surface area contributed by atoms with Crippen molar-refractivity contribution in [2.24, 2.45) is 17.8 Å². The summed E-state index contributed by atoms with van der Waals surface area (Å²) >= 11 is 0. The third kappa shape index (κ3) is 1.42. The van der Waals surface area contributed by atoms with Crippen LogP contribution in [0.1, 0.15) is 44.1 Å². The maximum atomic E-state index is 5.87. The van der Waals surface area contributed by atoms with E-state index in [-0.39, 0.29) is 0 Å². The van der Waals surface area contributed by atoms with Crippen molar-refractivity contribution in [3.8, 4) is 0 Å². The molecule has 2 N–H and O–H groups in total. The molecule has 4 aliphatic rings. The SMILES string of the molecule is Nc1cc(C23CC4CC(CC(C4)C2)C3)ccn1. The van der Waals surface area contributed by atoms with Crippen molar-refractivity contribution < 1.29 is 0 Å². The van der Waals surface area contributed by atoms with E-state index in [1.54, 1.807) is 0 Å². The van der Waals surface area contributed by atoms with Crippen LogP contribution in [0.3, 0.4) is 0 Å². The van der Waals surface area contributed by atoms with E-state index in [1.807, 2.05) is 6.20 Å². The Morgan fingerprint density at radius 2 is 1.65 bits per heavy atom. The number of nitrogens with two attached hydrogens (primary N) is 1. The molecule has 17 heavy (non-hydrogen) atoms. The molecule has 4 bridgehead atoms. The Balaban J connectivity index is 1.77. The predicted molar refractivity (Wildman–Crippen MR) is 68.5 cm³/mol. The number of pyridine rings is 1. The van der Waals surface area contributed by atoms with Gasteiger partial charge in [-0.2, -0.15) is 0 Å². The molecule has 4 fully saturated rings. The third-order valence-corrected chi connectivity index (χ3v) is 5.43. The van der Waals surface area contributed by atoms with E-state index in [0.717, 1.165) is 17.8 Å². The molecule has 0 atom stereocenters. The molecule has 0 spiro atoms. The Morgan fingerprint density at radius 1 is 1.06 bits per heavy atom. The number of hydrogen-bond acceptors (Lipinski definition) is 2. The van der Waals surface area contributed by atoms with Gasteiger partial charge in [-0.1, -0.05) is 0 Å². The van der Waals surface area contributed by atoms with Crippen molar-refractivity contribution in [1.29, 1.82) is 0 Å². The molecular formula is C15H20N2. The molecule has 0 amide bonds. The highest BCUT2D eigenvalue weighted by Gasteiger charge is 2.51. The molecule has 5 rings (SSSR count). The zero-order valence-electron chi connectivity index (χ0n) is 10.2. The van der Waals surface area contributed by atoms with E-state index in [2.05, 4.69) is 17.1 Å². The summed E-state index contributed by atoms with van der Waals surface area (Å²) in [5.74, 6) is 3.68. The van der Waals surface area contributed by atoms with Crippen molar-refractivity contribution in [1.82, 2.24) is 4.98 Å². The summed E-state index contributed by atoms with van der Waals surface area (Å²) in [4.78, 5) is 4.15. The Kier molecular flexibility index (Phi) is 1.89. The first kappa shape index (κ1) is 9.93. The highest BCUT2D eigenvalue weighted by atomic mass is 14.8. The molecule has 1 aromatic rings. The van der Waals surface area contributed by atoms with Crippen LogP contribution >= 0.6 is 0 Å². The summed E-state index contributed by atoms with van der Waals surface area (Å²) in [7, 11) is 0. The smallest absolute Gasteiger partial charge is 0.123 e. The fourth-order valence-corrected chi connectivity index (χ4v) is 5.24. The first-order valence-corrected chi connectivity index (χ1v) is 6.95. The van der Waals surface area contributed by atoms with E-state index in [0.29, 0.717) is 11.2 Å². The number of rotatable bonds is 1. The lowest BCUT2D eigenvalue weighted by Gasteiger charge is -2.57. The number of aromatic nitrogens is 1. The zero-order chi connectivity index (χ0) is 11.5. The van der Waals surface area contributed by atoms with Gasteiger partial charge in [-0.3, -0.25) is 0 Å². The van der Waals surface area contributed by atoms with E-state index >= 15 is 0 Å². The summed E-state index contributed by atoms with van der Waals surface area (Å²) in [5.41, 5.74) is 7.81. The van der Waals surface area contributed by atoms with Crippen LogP contribution < -0.4 is 5.73 Å². The van der Waals surface area contributed by atoms with Gasteiger partial charge >= 0.3 is 0 Å². The summed E-state index contributed by atoms with van der Waals surface area (Å²) in [6.45, 7) is 0. The van der Waals surface area contributed by atoms with Crippen molar-refractivity contribution in [2.75, 3.05) is 5.73 Å². The third-order valence-electron chi connectivity index (χ3n) is 5.43. The Labute approximate surface area is 103 Å². The van der Waals surface area contributed by atoms with Crippen LogP contribution in [0.15, 0.2) is 18.3 Å². The molecule has 0 aromatic carbocycles. The number of nitrogens with zero attached hydrogens (tertiary/aromatic N) is 1. The minimum absolute atomic E-state index is 0.464. The quantitative estimate of drug-likeness (QED) is 0.802. The molecule has 4 aliphatic carbocycles. The zero-order valence-corrected chi connectivity index (χ0v) is 10.2. The lowest BCUT2D eigenvalue weighted by molar-refractivity contribution is -0.00519. The molecule has 0 unspecified atom stereocenters. The number of anilines is 1. The second-order valence-corrected chi connectivity index (χ2v) is 6.67. The highest BCUT2D eigenvalue weighted by molar-refractivity contribution is 5.38. The molecule has 2 nitrogen and oxygen atoms in total. The van der Waals surface area contributed by atoms with Crippen molar-refractivity contribution in [3.05, 3.63) is 23.9 Å². The van der Waals surface area contributed by atoms with Crippen molar-refractivity contribution in [2.45, 2.75) is 43.9 Å². The molecule has 0 radical (unpaired) electrons. The topological polar surface area (TPSA) is 38.9 Å². The Hall–Kier alpha value is -1.05. The summed E-state index contributed by atoms with van der Waals surface area (Å²) in [5, 5.41) is 0. The molecule has 0 aliphatic heterocycles. The second-order valence-electron chi connectivity index (χ2n) is 6.67. The fourth-order valence-electron chi connectivity index (χ4n) is 5.24. The van der Waals surface area contributed by atoms with Crippen LogP contribution in [0.25, 0.3) is 0 Å². The first-order valence-electron chi connectivity index (χ1n) is 6.95. The summed E-state index contributed by atoms with van der Waals surface area (Å²) < 4.78 is 0. The van der Waals surface area contributed by atoms with Gasteiger partial charge in [0.1, 0.15) is 5.82 Å². The van der Waals surface area contributed by atoms with Gasteiger partial charge in [-0.05, 0) is 79.4 Å². The van der Waals surface area contributed by atoms with Crippen LogP contribution in [-0.4, -0.2) is 4.98 Å². The summed E-state index contributed by atoms with van der Waals surface area (Å²) in [6.07, 6.45) is 10.6. The van der Waals surface area contributed by atoms with Gasteiger partial charge < -0.3 is 5.73 Å². The maximum Gasteiger partial charge on any atom is 0.123 e. The maximum absolute atomic E-state index is 5.87. The average Bonchev–Trinajstić information content (AvgIpc) is 2.27. The average molecular weight is 228 g/mol. The van der Waals surface area contributed by atoms with Gasteiger partial charge in [-0.15, -0.1) is 0 Å². The van der Waals surface area contributed by atoms with Crippen LogP contribution in [0.4, 0.5) is 5.82 Å². The normalized spacial score (nSPS) is 42.9. The molecule has 0 saturated heterocycles. The highest BCUT2D eigenvalue weighted by Crippen LogP contribution is 2.60. The monoisotopic (exact) mass is 228 g/mol. The molecule has 1 heterocycles. The van der Waals surface area contributed by atoms with Gasteiger partial charge in [0, 0.05) is 6.20 Å². The predicted octanol–water partition coefficient (Wildman–Crippen LogP) is 3.13. The fraction of sp³-hybridized carbons (Fsp3) is 0.667. The van der Waals surface area contributed by atoms with E-state index < -0.39 is 0 Å². The minimum Gasteiger partial charge on any atom is -0.384 e. The van der Waals surface area contributed by atoms with Gasteiger partial charge in [-0.25, -0.2) is 4.98 Å². The van der Waals surface area contributed by atoms with Crippen LogP contribution in [0.5, 0.6) is 0 Å².